The zero-order chi connectivity index (χ0) is 22.6. The van der Waals surface area contributed by atoms with Crippen molar-refractivity contribution in [2.45, 2.75) is 45.1 Å². The fourth-order valence-corrected chi connectivity index (χ4v) is 5.04. The van der Waals surface area contributed by atoms with E-state index in [0.717, 1.165) is 64.2 Å². The Labute approximate surface area is 198 Å². The van der Waals surface area contributed by atoms with Gasteiger partial charge in [0.15, 0.2) is 0 Å². The van der Waals surface area contributed by atoms with E-state index < -0.39 is 0 Å². The van der Waals surface area contributed by atoms with Gasteiger partial charge >= 0.3 is 0 Å². The Hall–Kier alpha value is -2.95. The number of rotatable bonds is 7. The summed E-state index contributed by atoms with van der Waals surface area (Å²) in [6.07, 6.45) is 7.40. The van der Waals surface area contributed by atoms with Gasteiger partial charge in [0.1, 0.15) is 5.82 Å². The van der Waals surface area contributed by atoms with Gasteiger partial charge in [0.25, 0.3) is 0 Å². The number of thiophene rings is 1. The monoisotopic (exact) mass is 459 g/mol. The van der Waals surface area contributed by atoms with Gasteiger partial charge in [-0.25, -0.2) is 4.98 Å². The van der Waals surface area contributed by atoms with E-state index in [9.17, 15) is 5.11 Å². The molecule has 170 valence electrons. The topological polar surface area (TPSA) is 83.0 Å². The molecule has 2 aliphatic rings. The number of aliphatic hydroxyl groups is 1. The Balaban J connectivity index is 1.40. The lowest BCUT2D eigenvalue weighted by molar-refractivity contribution is 0.229. The van der Waals surface area contributed by atoms with Gasteiger partial charge in [0, 0.05) is 25.4 Å². The SMILES string of the molecule is Cc1nc(NCC2CC2)nc(NC2CCC(CO)C2)c1C#Cc1ccc(-c2ccccn2)s1. The fraction of sp³-hybridized carbons (Fsp3) is 0.423. The Morgan fingerprint density at radius 1 is 1.06 bits per heavy atom. The average molecular weight is 460 g/mol. The van der Waals surface area contributed by atoms with Crippen LogP contribution in [0.15, 0.2) is 36.5 Å². The molecule has 0 spiro atoms. The fourth-order valence-electron chi connectivity index (χ4n) is 4.20. The second kappa shape index (κ2) is 9.90. The van der Waals surface area contributed by atoms with Gasteiger partial charge in [-0.05, 0) is 75.1 Å². The molecule has 0 saturated heterocycles. The summed E-state index contributed by atoms with van der Waals surface area (Å²) in [4.78, 5) is 16.0. The van der Waals surface area contributed by atoms with Crippen molar-refractivity contribution in [3.8, 4) is 22.4 Å². The molecule has 3 aromatic rings. The van der Waals surface area contributed by atoms with Crippen molar-refractivity contribution in [3.63, 3.8) is 0 Å². The van der Waals surface area contributed by atoms with Crippen molar-refractivity contribution in [2.24, 2.45) is 11.8 Å². The lowest BCUT2D eigenvalue weighted by atomic mass is 10.1. The van der Waals surface area contributed by atoms with Gasteiger partial charge in [-0.15, -0.1) is 11.3 Å². The van der Waals surface area contributed by atoms with Crippen LogP contribution in [-0.2, 0) is 0 Å². The zero-order valence-corrected chi connectivity index (χ0v) is 19.7. The average Bonchev–Trinajstić information content (AvgIpc) is 3.35. The number of aromatic nitrogens is 3. The van der Waals surface area contributed by atoms with E-state index in [0.29, 0.717) is 17.9 Å². The third-order valence-corrected chi connectivity index (χ3v) is 7.33. The third kappa shape index (κ3) is 5.52. The summed E-state index contributed by atoms with van der Waals surface area (Å²) >= 11 is 1.64. The van der Waals surface area contributed by atoms with Crippen LogP contribution in [-0.4, -0.2) is 39.3 Å². The zero-order valence-electron chi connectivity index (χ0n) is 18.8. The summed E-state index contributed by atoms with van der Waals surface area (Å²) in [6, 6.07) is 10.3. The first-order chi connectivity index (χ1) is 16.2. The highest BCUT2D eigenvalue weighted by molar-refractivity contribution is 7.16. The standard InChI is InChI=1S/C26H29N5OS/c1-17-22(11-9-21-10-12-24(33-21)23-4-2-3-13-27-23)25(30-20-8-7-19(14-20)16-32)31-26(29-17)28-15-18-5-6-18/h2-4,10,12-13,18-20,32H,5-8,14-16H2,1H3,(H2,28,29,30,31). The van der Waals surface area contributed by atoms with Gasteiger partial charge < -0.3 is 15.7 Å². The minimum absolute atomic E-state index is 0.249. The molecule has 0 amide bonds. The maximum Gasteiger partial charge on any atom is 0.224 e. The number of aryl methyl sites for hydroxylation is 1. The van der Waals surface area contributed by atoms with Crippen LogP contribution in [0, 0.1) is 30.6 Å². The Morgan fingerprint density at radius 3 is 2.70 bits per heavy atom. The van der Waals surface area contributed by atoms with Crippen molar-refractivity contribution < 1.29 is 5.11 Å². The van der Waals surface area contributed by atoms with E-state index in [1.54, 1.807) is 11.3 Å². The van der Waals surface area contributed by atoms with Crippen LogP contribution in [0.25, 0.3) is 10.6 Å². The van der Waals surface area contributed by atoms with Crippen LogP contribution in [0.3, 0.4) is 0 Å². The molecule has 0 bridgehead atoms. The molecule has 33 heavy (non-hydrogen) atoms. The van der Waals surface area contributed by atoms with E-state index in [-0.39, 0.29) is 6.61 Å². The highest BCUT2D eigenvalue weighted by Crippen LogP contribution is 2.31. The molecule has 2 aliphatic carbocycles. The first-order valence-electron chi connectivity index (χ1n) is 11.7. The van der Waals surface area contributed by atoms with E-state index in [1.165, 1.54) is 12.8 Å². The number of aliphatic hydroxyl groups excluding tert-OH is 1. The van der Waals surface area contributed by atoms with Gasteiger partial charge in [-0.1, -0.05) is 17.9 Å². The largest absolute Gasteiger partial charge is 0.396 e. The van der Waals surface area contributed by atoms with Gasteiger partial charge in [0.05, 0.1) is 26.7 Å². The van der Waals surface area contributed by atoms with Gasteiger partial charge in [0.2, 0.25) is 5.95 Å². The summed E-state index contributed by atoms with van der Waals surface area (Å²) in [6.45, 7) is 3.17. The van der Waals surface area contributed by atoms with Crippen LogP contribution in [0.5, 0.6) is 0 Å². The molecule has 3 aromatic heterocycles. The predicted octanol–water partition coefficient (Wildman–Crippen LogP) is 4.70. The molecular weight excluding hydrogens is 430 g/mol. The van der Waals surface area contributed by atoms with Crippen molar-refractivity contribution >= 4 is 23.1 Å². The molecule has 7 heteroatoms. The molecular formula is C26H29N5OS. The smallest absolute Gasteiger partial charge is 0.224 e. The van der Waals surface area contributed by atoms with Crippen LogP contribution >= 0.6 is 11.3 Å². The molecule has 6 nitrogen and oxygen atoms in total. The molecule has 0 radical (unpaired) electrons. The number of hydrogen-bond donors (Lipinski definition) is 3. The quantitative estimate of drug-likeness (QED) is 0.444. The Kier molecular flexibility index (Phi) is 6.56. The lowest BCUT2D eigenvalue weighted by Crippen LogP contribution is -2.20. The van der Waals surface area contributed by atoms with E-state index in [2.05, 4.69) is 33.5 Å². The molecule has 3 N–H and O–H groups in total. The van der Waals surface area contributed by atoms with Crippen molar-refractivity contribution in [2.75, 3.05) is 23.8 Å². The third-order valence-electron chi connectivity index (χ3n) is 6.31. The highest BCUT2D eigenvalue weighted by atomic mass is 32.1. The number of nitrogens with one attached hydrogen (secondary N) is 2. The summed E-state index contributed by atoms with van der Waals surface area (Å²) in [5.74, 6) is 9.23. The highest BCUT2D eigenvalue weighted by Gasteiger charge is 2.26. The minimum Gasteiger partial charge on any atom is -0.396 e. The molecule has 3 heterocycles. The van der Waals surface area contributed by atoms with E-state index >= 15 is 0 Å². The van der Waals surface area contributed by atoms with Gasteiger partial charge in [-0.3, -0.25) is 4.98 Å². The number of hydrogen-bond acceptors (Lipinski definition) is 7. The maximum atomic E-state index is 9.53. The number of nitrogens with zero attached hydrogens (tertiary/aromatic N) is 3. The van der Waals surface area contributed by atoms with Crippen LogP contribution < -0.4 is 10.6 Å². The molecule has 2 fully saturated rings. The molecule has 2 atom stereocenters. The van der Waals surface area contributed by atoms with Crippen molar-refractivity contribution in [1.82, 2.24) is 15.0 Å². The maximum absolute atomic E-state index is 9.53. The Morgan fingerprint density at radius 2 is 1.94 bits per heavy atom. The second-order valence-electron chi connectivity index (χ2n) is 9.01. The number of pyridine rings is 1. The molecule has 0 aliphatic heterocycles. The summed E-state index contributed by atoms with van der Waals surface area (Å²) in [5.41, 5.74) is 2.67. The second-order valence-corrected chi connectivity index (χ2v) is 10.1. The van der Waals surface area contributed by atoms with Gasteiger partial charge in [-0.2, -0.15) is 4.98 Å². The first kappa shape index (κ1) is 21.9. The van der Waals surface area contributed by atoms with E-state index in [4.69, 9.17) is 9.97 Å². The van der Waals surface area contributed by atoms with Crippen LogP contribution in [0.2, 0.25) is 0 Å². The van der Waals surface area contributed by atoms with Crippen LogP contribution in [0.1, 0.15) is 48.2 Å². The van der Waals surface area contributed by atoms with Crippen LogP contribution in [0.4, 0.5) is 11.8 Å². The predicted molar refractivity (Wildman–Crippen MR) is 133 cm³/mol. The summed E-state index contributed by atoms with van der Waals surface area (Å²) in [5, 5.41) is 16.5. The number of anilines is 2. The molecule has 2 saturated carbocycles. The molecule has 0 aromatic carbocycles. The first-order valence-corrected chi connectivity index (χ1v) is 12.5. The molecule has 5 rings (SSSR count). The molecule has 2 unspecified atom stereocenters. The Bertz CT molecular complexity index is 1160. The summed E-state index contributed by atoms with van der Waals surface area (Å²) in [7, 11) is 0. The normalized spacial score (nSPS) is 19.7. The summed E-state index contributed by atoms with van der Waals surface area (Å²) < 4.78 is 0. The van der Waals surface area contributed by atoms with Crippen molar-refractivity contribution in [3.05, 3.63) is 52.7 Å². The minimum atomic E-state index is 0.249. The van der Waals surface area contributed by atoms with Crippen molar-refractivity contribution in [1.29, 1.82) is 0 Å². The van der Waals surface area contributed by atoms with E-state index in [1.807, 2.05) is 37.4 Å². The lowest BCUT2D eigenvalue weighted by Gasteiger charge is -2.17.